The smallest absolute Gasteiger partial charge is 0.294 e. The molecule has 0 atom stereocenters. The minimum atomic E-state index is -4.39. The molecule has 0 heterocycles. The van der Waals surface area contributed by atoms with E-state index in [0.29, 0.717) is 5.39 Å². The first kappa shape index (κ1) is 19.2. The lowest BCUT2D eigenvalue weighted by atomic mass is 10.1. The number of thiol groups is 1. The maximum atomic E-state index is 11.4. The number of azo groups is 1. The van der Waals surface area contributed by atoms with E-state index >= 15 is 0 Å². The van der Waals surface area contributed by atoms with E-state index < -0.39 is 10.1 Å². The average molecular weight is 404 g/mol. The maximum absolute atomic E-state index is 11.4. The number of phenolic OH excluding ortho intramolecular Hbond substituents is 1. The van der Waals surface area contributed by atoms with Crippen molar-refractivity contribution in [2.45, 2.75) is 16.7 Å². The summed E-state index contributed by atoms with van der Waals surface area (Å²) < 4.78 is 37.3. The highest BCUT2D eigenvalue weighted by Crippen LogP contribution is 2.39. The van der Waals surface area contributed by atoms with Gasteiger partial charge in [-0.2, -0.15) is 8.42 Å². The van der Waals surface area contributed by atoms with E-state index in [2.05, 4.69) is 22.9 Å². The Kier molecular flexibility index (Phi) is 5.09. The van der Waals surface area contributed by atoms with Gasteiger partial charge in [0.15, 0.2) is 0 Å². The van der Waals surface area contributed by atoms with Crippen LogP contribution >= 0.6 is 12.6 Å². The molecule has 2 N–H and O–H groups in total. The van der Waals surface area contributed by atoms with Crippen LogP contribution in [0.15, 0.2) is 62.5 Å². The number of nitrogens with zero attached hydrogens (tertiary/aromatic N) is 2. The van der Waals surface area contributed by atoms with E-state index in [9.17, 15) is 18.1 Å². The van der Waals surface area contributed by atoms with Crippen molar-refractivity contribution in [1.29, 1.82) is 0 Å². The van der Waals surface area contributed by atoms with Crippen LogP contribution in [0.1, 0.15) is 5.56 Å². The molecular weight excluding hydrogens is 388 g/mol. The summed E-state index contributed by atoms with van der Waals surface area (Å²) in [6.07, 6.45) is 0. The van der Waals surface area contributed by atoms with Crippen LogP contribution in [-0.4, -0.2) is 25.2 Å². The summed E-state index contributed by atoms with van der Waals surface area (Å²) in [5.41, 5.74) is 0.804. The van der Waals surface area contributed by atoms with Gasteiger partial charge >= 0.3 is 0 Å². The quantitative estimate of drug-likeness (QED) is 0.328. The molecule has 9 heteroatoms. The molecule has 0 bridgehead atoms. The Bertz CT molecular complexity index is 1170. The van der Waals surface area contributed by atoms with Crippen LogP contribution < -0.4 is 4.74 Å². The molecule has 3 aromatic rings. The molecule has 0 unspecified atom stereocenters. The number of hydrogen-bond acceptors (Lipinski definition) is 7. The molecule has 0 radical (unpaired) electrons. The number of benzene rings is 3. The Hall–Kier alpha value is -2.62. The number of aromatic hydroxyl groups is 1. The van der Waals surface area contributed by atoms with Gasteiger partial charge in [0.25, 0.3) is 10.1 Å². The largest absolute Gasteiger partial charge is 0.506 e. The molecule has 3 aromatic carbocycles. The Morgan fingerprint density at radius 2 is 1.81 bits per heavy atom. The molecule has 0 aliphatic rings. The summed E-state index contributed by atoms with van der Waals surface area (Å²) in [4.78, 5) is 0.502. The van der Waals surface area contributed by atoms with Gasteiger partial charge < -0.3 is 9.84 Å². The number of methoxy groups -OCH3 is 1. The predicted molar refractivity (Wildman–Crippen MR) is 105 cm³/mol. The summed E-state index contributed by atoms with van der Waals surface area (Å²) in [5.74, 6) is 0.0674. The van der Waals surface area contributed by atoms with Crippen LogP contribution in [0.2, 0.25) is 0 Å². The number of rotatable bonds is 4. The number of fused-ring (bicyclic) bond motifs is 1. The summed E-state index contributed by atoms with van der Waals surface area (Å²) in [6.45, 7) is 1.52. The lowest BCUT2D eigenvalue weighted by Gasteiger charge is -2.09. The van der Waals surface area contributed by atoms with Crippen molar-refractivity contribution in [3.8, 4) is 11.5 Å². The molecule has 7 nitrogen and oxygen atoms in total. The fourth-order valence-corrected chi connectivity index (χ4v) is 3.61. The molecule has 27 heavy (non-hydrogen) atoms. The van der Waals surface area contributed by atoms with Gasteiger partial charge in [0, 0.05) is 16.3 Å². The standard InChI is InChI=1S/C18H16N2O5S2/c1-10-7-14(16(25-2)9-17(10)27(22,23)24)19-20-18-13-5-4-12(26)8-11(13)3-6-15(18)21/h3-9,21,26H,1-2H3,(H,22,23,24). The van der Waals surface area contributed by atoms with Gasteiger partial charge in [-0.15, -0.1) is 22.9 Å². The number of aryl methyl sites for hydroxylation is 1. The minimum Gasteiger partial charge on any atom is -0.506 e. The monoisotopic (exact) mass is 404 g/mol. The topological polar surface area (TPSA) is 109 Å². The summed E-state index contributed by atoms with van der Waals surface area (Å²) in [7, 11) is -3.04. The lowest BCUT2D eigenvalue weighted by molar-refractivity contribution is 0.413. The predicted octanol–water partition coefficient (Wildman–Crippen LogP) is 4.81. The molecule has 0 saturated carbocycles. The van der Waals surface area contributed by atoms with Crippen molar-refractivity contribution in [2.24, 2.45) is 10.2 Å². The fraction of sp³-hybridized carbons (Fsp3) is 0.111. The second-order valence-electron chi connectivity index (χ2n) is 5.80. The molecule has 0 saturated heterocycles. The van der Waals surface area contributed by atoms with Crippen LogP contribution in [-0.2, 0) is 10.1 Å². The Labute approximate surface area is 161 Å². The Morgan fingerprint density at radius 3 is 2.48 bits per heavy atom. The summed E-state index contributed by atoms with van der Waals surface area (Å²) in [6, 6.07) is 11.2. The van der Waals surface area contributed by atoms with E-state index in [1.165, 1.54) is 32.2 Å². The zero-order valence-electron chi connectivity index (χ0n) is 14.4. The second kappa shape index (κ2) is 7.18. The lowest BCUT2D eigenvalue weighted by Crippen LogP contribution is -2.01. The molecule has 0 fully saturated rings. The molecule has 3 rings (SSSR count). The first-order valence-electron chi connectivity index (χ1n) is 7.73. The molecule has 140 valence electrons. The third-order valence-electron chi connectivity index (χ3n) is 3.97. The van der Waals surface area contributed by atoms with E-state index in [1.807, 2.05) is 6.07 Å². The Morgan fingerprint density at radius 1 is 1.07 bits per heavy atom. The maximum Gasteiger partial charge on any atom is 0.294 e. The number of hydrogen-bond donors (Lipinski definition) is 3. The Balaban J connectivity index is 2.13. The van der Waals surface area contributed by atoms with Gasteiger partial charge in [0.1, 0.15) is 27.8 Å². The highest BCUT2D eigenvalue weighted by atomic mass is 32.2. The van der Waals surface area contributed by atoms with Crippen LogP contribution in [0, 0.1) is 6.92 Å². The van der Waals surface area contributed by atoms with Gasteiger partial charge in [-0.1, -0.05) is 12.1 Å². The van der Waals surface area contributed by atoms with Gasteiger partial charge in [-0.25, -0.2) is 0 Å². The highest BCUT2D eigenvalue weighted by Gasteiger charge is 2.17. The summed E-state index contributed by atoms with van der Waals surface area (Å²) in [5, 5.41) is 19.9. The molecule has 0 aromatic heterocycles. The van der Waals surface area contributed by atoms with Crippen LogP contribution in [0.5, 0.6) is 11.5 Å². The van der Waals surface area contributed by atoms with Crippen LogP contribution in [0.4, 0.5) is 11.4 Å². The van der Waals surface area contributed by atoms with E-state index in [0.717, 1.165) is 10.3 Å². The third kappa shape index (κ3) is 3.90. The van der Waals surface area contributed by atoms with E-state index in [-0.39, 0.29) is 33.3 Å². The molecule has 0 aliphatic carbocycles. The molecular formula is C18H16N2O5S2. The van der Waals surface area contributed by atoms with Gasteiger partial charge in [0.2, 0.25) is 0 Å². The SMILES string of the molecule is COc1cc(S(=O)(=O)O)c(C)cc1N=Nc1c(O)ccc2cc(S)ccc12. The first-order valence-corrected chi connectivity index (χ1v) is 9.62. The number of phenols is 1. The van der Waals surface area contributed by atoms with Crippen molar-refractivity contribution in [2.75, 3.05) is 7.11 Å². The third-order valence-corrected chi connectivity index (χ3v) is 5.24. The van der Waals surface area contributed by atoms with Crippen molar-refractivity contribution < 1.29 is 22.8 Å². The minimum absolute atomic E-state index is 0.0524. The zero-order chi connectivity index (χ0) is 19.8. The van der Waals surface area contributed by atoms with Crippen LogP contribution in [0.25, 0.3) is 10.8 Å². The molecule has 0 amide bonds. The average Bonchev–Trinajstić information content (AvgIpc) is 2.60. The fourth-order valence-electron chi connectivity index (χ4n) is 2.67. The number of ether oxygens (including phenoxy) is 1. The van der Waals surface area contributed by atoms with Crippen molar-refractivity contribution in [1.82, 2.24) is 0 Å². The van der Waals surface area contributed by atoms with Crippen LogP contribution in [0.3, 0.4) is 0 Å². The molecule has 0 spiro atoms. The zero-order valence-corrected chi connectivity index (χ0v) is 16.1. The van der Waals surface area contributed by atoms with Crippen molar-refractivity contribution in [3.63, 3.8) is 0 Å². The van der Waals surface area contributed by atoms with Gasteiger partial charge in [-0.05, 0) is 42.1 Å². The second-order valence-corrected chi connectivity index (χ2v) is 7.71. The summed E-state index contributed by atoms with van der Waals surface area (Å²) >= 11 is 4.30. The highest BCUT2D eigenvalue weighted by molar-refractivity contribution is 7.85. The van der Waals surface area contributed by atoms with E-state index in [1.54, 1.807) is 18.2 Å². The first-order chi connectivity index (χ1) is 12.7. The van der Waals surface area contributed by atoms with Crippen molar-refractivity contribution >= 4 is 44.9 Å². The van der Waals surface area contributed by atoms with Gasteiger partial charge in [-0.3, -0.25) is 4.55 Å². The van der Waals surface area contributed by atoms with E-state index in [4.69, 9.17) is 4.74 Å². The van der Waals surface area contributed by atoms with Gasteiger partial charge in [0.05, 0.1) is 7.11 Å². The normalized spacial score (nSPS) is 12.0. The molecule has 0 aliphatic heterocycles. The van der Waals surface area contributed by atoms with Crippen molar-refractivity contribution in [3.05, 3.63) is 48.0 Å².